The van der Waals surface area contributed by atoms with Gasteiger partial charge in [0, 0.05) is 12.6 Å². The maximum atomic E-state index is 13.6. The summed E-state index contributed by atoms with van der Waals surface area (Å²) in [6.45, 7) is 0.0248. The Morgan fingerprint density at radius 1 is 1.21 bits per heavy atom. The van der Waals surface area contributed by atoms with Crippen LogP contribution in [0, 0.1) is 17.0 Å². The number of halogens is 2. The molecule has 128 valence electrons. The van der Waals surface area contributed by atoms with E-state index >= 15 is 0 Å². The Kier molecular flexibility index (Phi) is 5.28. The fourth-order valence-corrected chi connectivity index (χ4v) is 2.08. The van der Waals surface area contributed by atoms with Crippen molar-refractivity contribution < 1.29 is 27.9 Å². The zero-order valence-electron chi connectivity index (χ0n) is 12.9. The minimum Gasteiger partial charge on any atom is -0.466 e. The summed E-state index contributed by atoms with van der Waals surface area (Å²) in [5.41, 5.74) is -1.92. The summed E-state index contributed by atoms with van der Waals surface area (Å²) >= 11 is 0. The number of ether oxygens (including phenoxy) is 1. The van der Waals surface area contributed by atoms with Gasteiger partial charge in [-0.25, -0.2) is 13.6 Å². The summed E-state index contributed by atoms with van der Waals surface area (Å²) in [6.07, 6.45) is 3.06. The van der Waals surface area contributed by atoms with Gasteiger partial charge in [-0.3, -0.25) is 9.59 Å². The van der Waals surface area contributed by atoms with Gasteiger partial charge in [0.1, 0.15) is 22.7 Å². The van der Waals surface area contributed by atoms with E-state index in [0.717, 1.165) is 18.2 Å². The van der Waals surface area contributed by atoms with Crippen LogP contribution in [0.2, 0.25) is 0 Å². The topological polar surface area (TPSA) is 84.5 Å². The minimum absolute atomic E-state index is 0.0248. The summed E-state index contributed by atoms with van der Waals surface area (Å²) in [5.74, 6) is -3.73. The maximum Gasteiger partial charge on any atom is 0.330 e. The number of carbonyl (C=O) groups is 3. The van der Waals surface area contributed by atoms with E-state index < -0.39 is 40.5 Å². The molecular formula is C16H16F2N2O4. The number of para-hydroxylation sites is 1. The van der Waals surface area contributed by atoms with E-state index in [0.29, 0.717) is 0 Å². The standard InChI is InChI=1S/C16H16F2N2O4/c1-24-12(21)6-3-9-19-14(22)16(7-8-16)15(23)20-13-10(17)4-2-5-11(13)18/h2-6H,7-9H2,1H3,(H,19,22)(H,20,23)/b6-3+. The molecule has 0 saturated heterocycles. The van der Waals surface area contributed by atoms with E-state index in [1.54, 1.807) is 0 Å². The molecule has 1 fully saturated rings. The first kappa shape index (κ1) is 17.6. The lowest BCUT2D eigenvalue weighted by atomic mass is 10.0. The van der Waals surface area contributed by atoms with Crippen LogP contribution in [0.3, 0.4) is 0 Å². The van der Waals surface area contributed by atoms with Crippen molar-refractivity contribution in [2.45, 2.75) is 12.8 Å². The van der Waals surface area contributed by atoms with Crippen molar-refractivity contribution in [3.05, 3.63) is 42.0 Å². The van der Waals surface area contributed by atoms with Crippen LogP contribution in [0.25, 0.3) is 0 Å². The Bertz CT molecular complexity index is 679. The summed E-state index contributed by atoms with van der Waals surface area (Å²) in [4.78, 5) is 35.3. The average molecular weight is 338 g/mol. The van der Waals surface area contributed by atoms with E-state index in [2.05, 4.69) is 15.4 Å². The first-order valence-corrected chi connectivity index (χ1v) is 7.19. The molecule has 2 amide bonds. The van der Waals surface area contributed by atoms with Gasteiger partial charge in [0.05, 0.1) is 7.11 Å². The molecule has 0 radical (unpaired) electrons. The highest BCUT2D eigenvalue weighted by Gasteiger charge is 2.56. The molecule has 1 aliphatic rings. The molecule has 0 spiro atoms. The number of carbonyl (C=O) groups excluding carboxylic acids is 3. The molecule has 0 aliphatic heterocycles. The van der Waals surface area contributed by atoms with E-state index in [4.69, 9.17) is 0 Å². The smallest absolute Gasteiger partial charge is 0.330 e. The zero-order chi connectivity index (χ0) is 17.7. The Morgan fingerprint density at radius 2 is 1.83 bits per heavy atom. The highest BCUT2D eigenvalue weighted by molar-refractivity contribution is 6.13. The quantitative estimate of drug-likeness (QED) is 0.468. The fraction of sp³-hybridized carbons (Fsp3) is 0.312. The van der Waals surface area contributed by atoms with Crippen molar-refractivity contribution in [3.8, 4) is 0 Å². The maximum absolute atomic E-state index is 13.6. The van der Waals surface area contributed by atoms with Crippen LogP contribution < -0.4 is 10.6 Å². The SMILES string of the molecule is COC(=O)/C=C/CNC(=O)C1(C(=O)Nc2c(F)cccc2F)CC1. The Balaban J connectivity index is 1.97. The highest BCUT2D eigenvalue weighted by atomic mass is 19.1. The van der Waals surface area contributed by atoms with Gasteiger partial charge in [-0.15, -0.1) is 0 Å². The Labute approximate surface area is 136 Å². The van der Waals surface area contributed by atoms with E-state index in [-0.39, 0.29) is 19.4 Å². The molecule has 1 aromatic carbocycles. The van der Waals surface area contributed by atoms with Gasteiger partial charge in [0.15, 0.2) is 0 Å². The first-order valence-electron chi connectivity index (χ1n) is 7.19. The van der Waals surface area contributed by atoms with Crippen molar-refractivity contribution in [1.82, 2.24) is 5.32 Å². The second-order valence-corrected chi connectivity index (χ2v) is 5.27. The number of methoxy groups -OCH3 is 1. The second-order valence-electron chi connectivity index (χ2n) is 5.27. The number of anilines is 1. The van der Waals surface area contributed by atoms with Crippen molar-refractivity contribution in [3.63, 3.8) is 0 Å². The number of nitrogens with one attached hydrogen (secondary N) is 2. The lowest BCUT2D eigenvalue weighted by Crippen LogP contribution is -2.40. The van der Waals surface area contributed by atoms with Gasteiger partial charge < -0.3 is 15.4 Å². The molecule has 0 aromatic heterocycles. The summed E-state index contributed by atoms with van der Waals surface area (Å²) in [6, 6.07) is 3.19. The molecule has 24 heavy (non-hydrogen) atoms. The Morgan fingerprint density at radius 3 is 2.38 bits per heavy atom. The molecule has 0 bridgehead atoms. The van der Waals surface area contributed by atoms with E-state index in [1.807, 2.05) is 0 Å². The molecule has 8 heteroatoms. The van der Waals surface area contributed by atoms with Gasteiger partial charge in [0.2, 0.25) is 11.8 Å². The van der Waals surface area contributed by atoms with Crippen LogP contribution in [0.5, 0.6) is 0 Å². The molecule has 0 heterocycles. The van der Waals surface area contributed by atoms with Crippen LogP contribution in [0.15, 0.2) is 30.4 Å². The fourth-order valence-electron chi connectivity index (χ4n) is 2.08. The number of benzene rings is 1. The van der Waals surface area contributed by atoms with E-state index in [1.165, 1.54) is 19.3 Å². The summed E-state index contributed by atoms with van der Waals surface area (Å²) in [5, 5.41) is 4.62. The molecule has 0 unspecified atom stereocenters. The van der Waals surface area contributed by atoms with Gasteiger partial charge in [-0.05, 0) is 25.0 Å². The lowest BCUT2D eigenvalue weighted by Gasteiger charge is -2.15. The number of hydrogen-bond donors (Lipinski definition) is 2. The van der Waals surface area contributed by atoms with Crippen LogP contribution in [0.4, 0.5) is 14.5 Å². The van der Waals surface area contributed by atoms with Crippen molar-refractivity contribution in [2.75, 3.05) is 19.0 Å². The van der Waals surface area contributed by atoms with Gasteiger partial charge >= 0.3 is 5.97 Å². The Hall–Kier alpha value is -2.77. The molecule has 1 aliphatic carbocycles. The molecule has 2 rings (SSSR count). The highest BCUT2D eigenvalue weighted by Crippen LogP contribution is 2.47. The van der Waals surface area contributed by atoms with Crippen LogP contribution in [0.1, 0.15) is 12.8 Å². The summed E-state index contributed by atoms with van der Waals surface area (Å²) in [7, 11) is 1.22. The number of rotatable bonds is 6. The minimum atomic E-state index is -1.34. The number of hydrogen-bond acceptors (Lipinski definition) is 4. The monoisotopic (exact) mass is 338 g/mol. The largest absolute Gasteiger partial charge is 0.466 e. The van der Waals surface area contributed by atoms with Gasteiger partial charge in [-0.2, -0.15) is 0 Å². The third kappa shape index (κ3) is 3.76. The third-order valence-electron chi connectivity index (χ3n) is 3.66. The lowest BCUT2D eigenvalue weighted by molar-refractivity contribution is -0.136. The van der Waals surface area contributed by atoms with Crippen LogP contribution in [-0.2, 0) is 19.1 Å². The zero-order valence-corrected chi connectivity index (χ0v) is 12.9. The summed E-state index contributed by atoms with van der Waals surface area (Å²) < 4.78 is 31.5. The second kappa shape index (κ2) is 7.20. The number of esters is 1. The third-order valence-corrected chi connectivity index (χ3v) is 3.66. The molecule has 0 atom stereocenters. The van der Waals surface area contributed by atoms with Gasteiger partial charge in [0.25, 0.3) is 0 Å². The van der Waals surface area contributed by atoms with Crippen LogP contribution >= 0.6 is 0 Å². The normalized spacial score (nSPS) is 15.0. The molecule has 1 aromatic rings. The van der Waals surface area contributed by atoms with Crippen molar-refractivity contribution >= 4 is 23.5 Å². The van der Waals surface area contributed by atoms with Crippen LogP contribution in [-0.4, -0.2) is 31.4 Å². The van der Waals surface area contributed by atoms with Gasteiger partial charge in [-0.1, -0.05) is 12.1 Å². The molecule has 6 nitrogen and oxygen atoms in total. The average Bonchev–Trinajstić information content (AvgIpc) is 3.36. The van der Waals surface area contributed by atoms with E-state index in [9.17, 15) is 23.2 Å². The molecule has 2 N–H and O–H groups in total. The first-order chi connectivity index (χ1) is 11.4. The molecular weight excluding hydrogens is 322 g/mol. The predicted molar refractivity (Wildman–Crippen MR) is 80.8 cm³/mol. The van der Waals surface area contributed by atoms with Crippen molar-refractivity contribution in [2.24, 2.45) is 5.41 Å². The number of amides is 2. The van der Waals surface area contributed by atoms with Crippen molar-refractivity contribution in [1.29, 1.82) is 0 Å². The molecule has 1 saturated carbocycles. The predicted octanol–water partition coefficient (Wildman–Crippen LogP) is 1.53.